The molecule has 0 spiro atoms. The van der Waals surface area contributed by atoms with Gasteiger partial charge in [0.15, 0.2) is 10.8 Å². The van der Waals surface area contributed by atoms with Crippen LogP contribution in [0.25, 0.3) is 0 Å². The Bertz CT molecular complexity index is 774. The molecule has 30 heavy (non-hydrogen) atoms. The van der Waals surface area contributed by atoms with Crippen molar-refractivity contribution in [3.8, 4) is 0 Å². The van der Waals surface area contributed by atoms with Gasteiger partial charge in [0, 0.05) is 0 Å². The van der Waals surface area contributed by atoms with E-state index < -0.39 is 34.7 Å². The number of methoxy groups -OCH3 is 4. The molecule has 0 aliphatic heterocycles. The summed E-state index contributed by atoms with van der Waals surface area (Å²) < 4.78 is 19.9. The lowest BCUT2D eigenvalue weighted by Gasteiger charge is -2.30. The molecular formula is C22H28O8. The van der Waals surface area contributed by atoms with E-state index in [0.717, 1.165) is 22.3 Å². The van der Waals surface area contributed by atoms with Crippen molar-refractivity contribution in [3.05, 3.63) is 22.3 Å². The van der Waals surface area contributed by atoms with Gasteiger partial charge in [-0.15, -0.1) is 0 Å². The largest absolute Gasteiger partial charge is 0.468 e. The Labute approximate surface area is 175 Å². The Hall–Kier alpha value is -2.64. The fourth-order valence-corrected chi connectivity index (χ4v) is 5.70. The van der Waals surface area contributed by atoms with Crippen LogP contribution in [0.3, 0.4) is 0 Å². The number of carbonyl (C=O) groups excluding carboxylic acids is 4. The molecule has 0 saturated heterocycles. The van der Waals surface area contributed by atoms with Gasteiger partial charge in [-0.05, 0) is 62.5 Å². The summed E-state index contributed by atoms with van der Waals surface area (Å²) in [6.07, 6.45) is 0.818. The van der Waals surface area contributed by atoms with Crippen LogP contribution in [-0.2, 0) is 38.1 Å². The number of allylic oxidation sites excluding steroid dienone is 4. The molecule has 3 aliphatic rings. The maximum Gasteiger partial charge on any atom is 0.323 e. The third kappa shape index (κ3) is 2.80. The van der Waals surface area contributed by atoms with Crippen LogP contribution in [-0.4, -0.2) is 52.3 Å². The van der Waals surface area contributed by atoms with E-state index in [2.05, 4.69) is 0 Å². The van der Waals surface area contributed by atoms with E-state index >= 15 is 0 Å². The Kier molecular flexibility index (Phi) is 5.56. The zero-order valence-corrected chi connectivity index (χ0v) is 18.2. The van der Waals surface area contributed by atoms with Gasteiger partial charge in [0.05, 0.1) is 28.4 Å². The van der Waals surface area contributed by atoms with Crippen molar-refractivity contribution in [3.63, 3.8) is 0 Å². The number of ether oxygens (including phenoxy) is 4. The quantitative estimate of drug-likeness (QED) is 0.387. The van der Waals surface area contributed by atoms with Gasteiger partial charge in [0.25, 0.3) is 0 Å². The highest BCUT2D eigenvalue weighted by Gasteiger charge is 2.63. The molecule has 0 N–H and O–H groups in total. The van der Waals surface area contributed by atoms with Crippen LogP contribution in [0, 0.1) is 22.7 Å². The van der Waals surface area contributed by atoms with Gasteiger partial charge < -0.3 is 18.9 Å². The van der Waals surface area contributed by atoms with Crippen LogP contribution in [0.1, 0.15) is 39.5 Å². The minimum absolute atomic E-state index is 0.182. The summed E-state index contributed by atoms with van der Waals surface area (Å²) in [5.41, 5.74) is 1.05. The summed E-state index contributed by atoms with van der Waals surface area (Å²) in [4.78, 5) is 50.8. The fraction of sp³-hybridized carbons (Fsp3) is 0.636. The Morgan fingerprint density at radius 2 is 0.900 bits per heavy atom. The van der Waals surface area contributed by atoms with E-state index in [1.165, 1.54) is 28.4 Å². The number of esters is 4. The average Bonchev–Trinajstić information content (AvgIpc) is 3.36. The molecule has 3 aliphatic carbocycles. The highest BCUT2D eigenvalue weighted by Crippen LogP contribution is 2.62. The van der Waals surface area contributed by atoms with Crippen LogP contribution < -0.4 is 0 Å². The zero-order valence-electron chi connectivity index (χ0n) is 18.2. The predicted octanol–water partition coefficient (Wildman–Crippen LogP) is 2.12. The molecule has 2 atom stereocenters. The molecule has 0 aromatic rings. The maximum absolute atomic E-state index is 12.7. The first-order valence-corrected chi connectivity index (χ1v) is 9.86. The predicted molar refractivity (Wildman–Crippen MR) is 104 cm³/mol. The third-order valence-electron chi connectivity index (χ3n) is 7.33. The number of carbonyl (C=O) groups is 4. The lowest BCUT2D eigenvalue weighted by Crippen LogP contribution is -2.40. The molecule has 8 nitrogen and oxygen atoms in total. The molecular weight excluding hydrogens is 392 g/mol. The number of rotatable bonds is 4. The number of hydrogen-bond acceptors (Lipinski definition) is 8. The fourth-order valence-electron chi connectivity index (χ4n) is 5.70. The van der Waals surface area contributed by atoms with E-state index in [1.807, 2.05) is 13.8 Å². The molecule has 8 heteroatoms. The topological polar surface area (TPSA) is 105 Å². The first-order chi connectivity index (χ1) is 14.1. The Morgan fingerprint density at radius 3 is 1.13 bits per heavy atom. The summed E-state index contributed by atoms with van der Waals surface area (Å²) in [5.74, 6) is -2.89. The lowest BCUT2D eigenvalue weighted by molar-refractivity contribution is -0.171. The van der Waals surface area contributed by atoms with Gasteiger partial charge in [0.2, 0.25) is 0 Å². The average molecular weight is 420 g/mol. The SMILES string of the molecule is COC(=O)C1(C(=O)OC)CC2=C(C)C(C)=C3CC(C(=O)OC)(C(=O)OC)C[C@@H]3[C@H]2C1. The van der Waals surface area contributed by atoms with Crippen LogP contribution in [0.5, 0.6) is 0 Å². The normalized spacial score (nSPS) is 25.9. The summed E-state index contributed by atoms with van der Waals surface area (Å²) in [7, 11) is 5.00. The molecule has 2 fully saturated rings. The summed E-state index contributed by atoms with van der Waals surface area (Å²) in [6.45, 7) is 3.89. The van der Waals surface area contributed by atoms with Crippen LogP contribution >= 0.6 is 0 Å². The molecule has 2 saturated carbocycles. The molecule has 0 bridgehead atoms. The van der Waals surface area contributed by atoms with E-state index in [0.29, 0.717) is 0 Å². The second-order valence-corrected chi connectivity index (χ2v) is 8.41. The summed E-state index contributed by atoms with van der Waals surface area (Å²) >= 11 is 0. The van der Waals surface area contributed by atoms with Crippen molar-refractivity contribution in [1.82, 2.24) is 0 Å². The van der Waals surface area contributed by atoms with Crippen molar-refractivity contribution in [1.29, 1.82) is 0 Å². The molecule has 3 rings (SSSR count). The van der Waals surface area contributed by atoms with Gasteiger partial charge in [0.1, 0.15) is 0 Å². The lowest BCUT2D eigenvalue weighted by atomic mass is 9.74. The third-order valence-corrected chi connectivity index (χ3v) is 7.33. The first-order valence-electron chi connectivity index (χ1n) is 9.86. The van der Waals surface area contributed by atoms with E-state index in [9.17, 15) is 19.2 Å². The van der Waals surface area contributed by atoms with Gasteiger partial charge >= 0.3 is 23.9 Å². The van der Waals surface area contributed by atoms with Crippen molar-refractivity contribution in [2.24, 2.45) is 22.7 Å². The maximum atomic E-state index is 12.7. The van der Waals surface area contributed by atoms with Crippen LogP contribution in [0.4, 0.5) is 0 Å². The van der Waals surface area contributed by atoms with Gasteiger partial charge in [-0.2, -0.15) is 0 Å². The Morgan fingerprint density at radius 1 is 0.633 bits per heavy atom. The smallest absolute Gasteiger partial charge is 0.323 e. The highest BCUT2D eigenvalue weighted by molar-refractivity contribution is 6.02. The Balaban J connectivity index is 2.10. The molecule has 0 unspecified atom stereocenters. The molecule has 0 amide bonds. The number of fused-ring (bicyclic) bond motifs is 3. The summed E-state index contributed by atoms with van der Waals surface area (Å²) in [5, 5.41) is 0. The monoisotopic (exact) mass is 420 g/mol. The second-order valence-electron chi connectivity index (χ2n) is 8.41. The summed E-state index contributed by atoms with van der Waals surface area (Å²) in [6, 6.07) is 0. The first kappa shape index (κ1) is 22.1. The van der Waals surface area contributed by atoms with Crippen molar-refractivity contribution >= 4 is 23.9 Å². The highest BCUT2D eigenvalue weighted by atomic mass is 16.6. The van der Waals surface area contributed by atoms with Crippen molar-refractivity contribution in [2.75, 3.05) is 28.4 Å². The second kappa shape index (κ2) is 7.56. The van der Waals surface area contributed by atoms with E-state index in [-0.39, 0.29) is 37.5 Å². The van der Waals surface area contributed by atoms with E-state index in [1.54, 1.807) is 0 Å². The molecule has 0 aromatic carbocycles. The van der Waals surface area contributed by atoms with Crippen LogP contribution in [0.15, 0.2) is 22.3 Å². The molecule has 0 aromatic heterocycles. The minimum Gasteiger partial charge on any atom is -0.468 e. The van der Waals surface area contributed by atoms with Gasteiger partial charge in [-0.3, -0.25) is 19.2 Å². The minimum atomic E-state index is -1.43. The molecule has 164 valence electrons. The van der Waals surface area contributed by atoms with E-state index in [4.69, 9.17) is 18.9 Å². The number of hydrogen-bond donors (Lipinski definition) is 0. The van der Waals surface area contributed by atoms with Crippen LogP contribution in [0.2, 0.25) is 0 Å². The zero-order chi connectivity index (χ0) is 22.4. The van der Waals surface area contributed by atoms with Gasteiger partial charge in [-0.25, -0.2) is 0 Å². The van der Waals surface area contributed by atoms with Crippen molar-refractivity contribution < 1.29 is 38.1 Å². The standard InChI is InChI=1S/C22H28O8/c1-11-12(2)14-8-22(19(25)29-5,20(26)30-6)10-16(14)15-9-21(7-13(11)15,17(23)27-3)18(24)28-4/h15-16H,7-10H2,1-6H3/t15-,16-/m0/s1. The molecule has 0 radical (unpaired) electrons. The van der Waals surface area contributed by atoms with Gasteiger partial charge in [-0.1, -0.05) is 11.1 Å². The van der Waals surface area contributed by atoms with Crippen molar-refractivity contribution in [2.45, 2.75) is 39.5 Å². The molecule has 0 heterocycles.